The molecule has 0 radical (unpaired) electrons. The van der Waals surface area contributed by atoms with Gasteiger partial charge in [0.2, 0.25) is 0 Å². The summed E-state index contributed by atoms with van der Waals surface area (Å²) in [6, 6.07) is 3.30. The summed E-state index contributed by atoms with van der Waals surface area (Å²) < 4.78 is 43.2. The fourth-order valence-corrected chi connectivity index (χ4v) is 3.48. The molecule has 3 rings (SSSR count). The fraction of sp³-hybridized carbons (Fsp3) is 0.188. The maximum Gasteiger partial charge on any atom is 0.268 e. The highest BCUT2D eigenvalue weighted by Crippen LogP contribution is 2.22. The molecule has 0 fully saturated rings. The van der Waals surface area contributed by atoms with E-state index in [0.29, 0.717) is 11.3 Å². The number of sulfonamides is 1. The van der Waals surface area contributed by atoms with Crippen LogP contribution in [-0.4, -0.2) is 33.9 Å². The van der Waals surface area contributed by atoms with Gasteiger partial charge in [-0.2, -0.15) is 10.2 Å². The van der Waals surface area contributed by atoms with Crippen molar-refractivity contribution in [2.45, 2.75) is 11.8 Å². The smallest absolute Gasteiger partial charge is 0.268 e. The molecule has 0 aliphatic heterocycles. The van der Waals surface area contributed by atoms with Crippen LogP contribution in [-0.2, 0) is 24.1 Å². The van der Waals surface area contributed by atoms with E-state index in [-0.39, 0.29) is 16.0 Å². The van der Waals surface area contributed by atoms with E-state index in [2.05, 4.69) is 10.2 Å². The van der Waals surface area contributed by atoms with E-state index in [4.69, 9.17) is 0 Å². The molecule has 0 aliphatic rings. The van der Waals surface area contributed by atoms with Gasteiger partial charge in [-0.05, 0) is 30.7 Å². The highest BCUT2D eigenvalue weighted by Gasteiger charge is 2.24. The minimum atomic E-state index is -4.16. The molecule has 0 bridgehead atoms. The molecule has 3 aromatic rings. The molecule has 26 heavy (non-hydrogen) atoms. The largest absolute Gasteiger partial charge is 0.275 e. The van der Waals surface area contributed by atoms with Gasteiger partial charge in [0.15, 0.2) is 0 Å². The summed E-state index contributed by atoms with van der Waals surface area (Å²) in [6.45, 7) is 1.44. The van der Waals surface area contributed by atoms with Gasteiger partial charge in [-0.1, -0.05) is 0 Å². The number of hydrogen-bond donors (Lipinski definition) is 1. The van der Waals surface area contributed by atoms with Crippen LogP contribution in [0.4, 0.5) is 4.39 Å². The Morgan fingerprint density at radius 2 is 1.92 bits per heavy atom. The minimum Gasteiger partial charge on any atom is -0.275 e. The van der Waals surface area contributed by atoms with Crippen LogP contribution in [0.1, 0.15) is 15.9 Å². The summed E-state index contributed by atoms with van der Waals surface area (Å²) in [4.78, 5) is 12.4. The van der Waals surface area contributed by atoms with Crippen LogP contribution < -0.4 is 4.72 Å². The summed E-state index contributed by atoms with van der Waals surface area (Å²) >= 11 is 0. The number of carbonyl (C=O) groups excluding carboxylic acids is 1. The predicted octanol–water partition coefficient (Wildman–Crippen LogP) is 1.39. The van der Waals surface area contributed by atoms with Crippen molar-refractivity contribution in [3.63, 3.8) is 0 Å². The Labute approximate surface area is 149 Å². The monoisotopic (exact) mass is 377 g/mol. The van der Waals surface area contributed by atoms with Gasteiger partial charge in [0, 0.05) is 32.1 Å². The van der Waals surface area contributed by atoms with E-state index in [1.807, 2.05) is 4.72 Å². The molecule has 0 aliphatic carbocycles. The zero-order valence-electron chi connectivity index (χ0n) is 14.3. The molecule has 0 saturated carbocycles. The number of aromatic nitrogens is 4. The van der Waals surface area contributed by atoms with Crippen LogP contribution in [0.25, 0.3) is 11.3 Å². The maximum atomic E-state index is 13.4. The van der Waals surface area contributed by atoms with Crippen LogP contribution in [0.5, 0.6) is 0 Å². The average molecular weight is 377 g/mol. The number of rotatable bonds is 4. The molecule has 136 valence electrons. The Balaban J connectivity index is 1.94. The van der Waals surface area contributed by atoms with Gasteiger partial charge in [0.25, 0.3) is 15.9 Å². The van der Waals surface area contributed by atoms with Crippen LogP contribution in [0.15, 0.2) is 41.7 Å². The molecule has 1 N–H and O–H groups in total. The van der Waals surface area contributed by atoms with Crippen molar-refractivity contribution in [3.05, 3.63) is 53.7 Å². The summed E-state index contributed by atoms with van der Waals surface area (Å²) in [6.07, 6.45) is 4.61. The first kappa shape index (κ1) is 17.8. The van der Waals surface area contributed by atoms with Crippen LogP contribution in [0, 0.1) is 12.7 Å². The summed E-state index contributed by atoms with van der Waals surface area (Å²) in [7, 11) is -0.820. The summed E-state index contributed by atoms with van der Waals surface area (Å²) in [5, 5.41) is 8.23. The van der Waals surface area contributed by atoms with Crippen LogP contribution in [0.3, 0.4) is 0 Å². The molecule has 1 amide bonds. The molecule has 0 atom stereocenters. The number of amides is 1. The van der Waals surface area contributed by atoms with Crippen LogP contribution >= 0.6 is 0 Å². The first-order valence-corrected chi connectivity index (χ1v) is 9.01. The third kappa shape index (κ3) is 3.36. The highest BCUT2D eigenvalue weighted by molar-refractivity contribution is 7.90. The lowest BCUT2D eigenvalue weighted by molar-refractivity contribution is 0.0982. The normalized spacial score (nSPS) is 11.5. The first-order chi connectivity index (χ1) is 12.2. The minimum absolute atomic E-state index is 0.0860. The van der Waals surface area contributed by atoms with Crippen molar-refractivity contribution in [1.82, 2.24) is 24.3 Å². The predicted molar refractivity (Wildman–Crippen MR) is 91.2 cm³/mol. The molecule has 10 heteroatoms. The van der Waals surface area contributed by atoms with Gasteiger partial charge in [-0.3, -0.25) is 14.2 Å². The van der Waals surface area contributed by atoms with Gasteiger partial charge >= 0.3 is 0 Å². The Bertz CT molecular complexity index is 1100. The topological polar surface area (TPSA) is 98.9 Å². The zero-order valence-corrected chi connectivity index (χ0v) is 15.1. The van der Waals surface area contributed by atoms with Crippen molar-refractivity contribution in [2.75, 3.05) is 0 Å². The second-order valence-corrected chi connectivity index (χ2v) is 7.50. The quantitative estimate of drug-likeness (QED) is 0.741. The van der Waals surface area contributed by atoms with Crippen molar-refractivity contribution < 1.29 is 17.6 Å². The summed E-state index contributed by atoms with van der Waals surface area (Å²) in [5.74, 6) is -1.36. The van der Waals surface area contributed by atoms with Crippen molar-refractivity contribution in [1.29, 1.82) is 0 Å². The third-order valence-electron chi connectivity index (χ3n) is 3.72. The van der Waals surface area contributed by atoms with E-state index in [1.165, 1.54) is 24.0 Å². The van der Waals surface area contributed by atoms with E-state index >= 15 is 0 Å². The standard InChI is InChI=1S/C16H16FN5O3S/c1-10-6-12(4-5-14(10)17)26(24,25)20-16(23)13-9-22(3)19-15(13)11-7-18-21(2)8-11/h4-9H,1-3H3,(H,20,23). The molecule has 2 heterocycles. The number of halogens is 1. The number of aryl methyl sites for hydroxylation is 3. The van der Waals surface area contributed by atoms with E-state index in [0.717, 1.165) is 18.2 Å². The Morgan fingerprint density at radius 3 is 2.54 bits per heavy atom. The molecular formula is C16H16FN5O3S. The number of hydrogen-bond acceptors (Lipinski definition) is 5. The Hall–Kier alpha value is -3.01. The van der Waals surface area contributed by atoms with Crippen molar-refractivity contribution in [2.24, 2.45) is 14.1 Å². The Kier molecular flexibility index (Phi) is 4.36. The third-order valence-corrected chi connectivity index (χ3v) is 5.05. The van der Waals surface area contributed by atoms with Gasteiger partial charge in [0.1, 0.15) is 11.5 Å². The van der Waals surface area contributed by atoms with E-state index in [9.17, 15) is 17.6 Å². The molecule has 2 aromatic heterocycles. The average Bonchev–Trinajstić information content (AvgIpc) is 3.15. The second-order valence-electron chi connectivity index (χ2n) is 5.81. The molecule has 0 spiro atoms. The van der Waals surface area contributed by atoms with Crippen molar-refractivity contribution >= 4 is 15.9 Å². The molecule has 8 nitrogen and oxygen atoms in total. The van der Waals surface area contributed by atoms with Crippen LogP contribution in [0.2, 0.25) is 0 Å². The van der Waals surface area contributed by atoms with Crippen molar-refractivity contribution in [3.8, 4) is 11.3 Å². The lowest BCUT2D eigenvalue weighted by Gasteiger charge is -2.08. The highest BCUT2D eigenvalue weighted by atomic mass is 32.2. The summed E-state index contributed by atoms with van der Waals surface area (Å²) in [5.41, 5.74) is 1.14. The van der Waals surface area contributed by atoms with Gasteiger partial charge in [-0.15, -0.1) is 0 Å². The maximum absolute atomic E-state index is 13.4. The molecule has 0 saturated heterocycles. The van der Waals surface area contributed by atoms with E-state index in [1.54, 1.807) is 25.0 Å². The molecule has 0 unspecified atom stereocenters. The van der Waals surface area contributed by atoms with Gasteiger partial charge in [0.05, 0.1) is 16.7 Å². The molecular weight excluding hydrogens is 361 g/mol. The lowest BCUT2D eigenvalue weighted by atomic mass is 10.1. The number of nitrogens with zero attached hydrogens (tertiary/aromatic N) is 4. The van der Waals surface area contributed by atoms with Gasteiger partial charge in [-0.25, -0.2) is 17.5 Å². The fourth-order valence-electron chi connectivity index (χ4n) is 2.43. The van der Waals surface area contributed by atoms with Gasteiger partial charge < -0.3 is 0 Å². The number of benzene rings is 1. The molecule has 1 aromatic carbocycles. The first-order valence-electron chi connectivity index (χ1n) is 7.53. The van der Waals surface area contributed by atoms with E-state index < -0.39 is 21.7 Å². The lowest BCUT2D eigenvalue weighted by Crippen LogP contribution is -2.30. The number of nitrogens with one attached hydrogen (secondary N) is 1. The number of carbonyl (C=O) groups is 1. The SMILES string of the molecule is Cc1cc(S(=O)(=O)NC(=O)c2cn(C)nc2-c2cnn(C)c2)ccc1F. The second kappa shape index (κ2) is 6.37. The zero-order chi connectivity index (χ0) is 19.1. The Morgan fingerprint density at radius 1 is 1.19 bits per heavy atom.